The molecule has 3 nitrogen and oxygen atoms in total. The van der Waals surface area contributed by atoms with Crippen LogP contribution >= 0.6 is 0 Å². The normalized spacial score (nSPS) is 30.4. The Bertz CT molecular complexity index is 212. The van der Waals surface area contributed by atoms with E-state index in [1.807, 2.05) is 0 Å². The van der Waals surface area contributed by atoms with Crippen molar-refractivity contribution in [3.05, 3.63) is 0 Å². The Morgan fingerprint density at radius 3 is 2.53 bits per heavy atom. The molecule has 1 N–H and O–H groups in total. The van der Waals surface area contributed by atoms with Gasteiger partial charge in [-0.15, -0.1) is 0 Å². The number of hydrogen-bond acceptors (Lipinski definition) is 3. The molecule has 0 aliphatic carbocycles. The zero-order valence-electron chi connectivity index (χ0n) is 11.6. The molecular weight excluding hydrogens is 210 g/mol. The van der Waals surface area contributed by atoms with E-state index in [0.29, 0.717) is 0 Å². The highest BCUT2D eigenvalue weighted by Crippen LogP contribution is 2.18. The summed E-state index contributed by atoms with van der Waals surface area (Å²) in [7, 11) is 2.25. The summed E-state index contributed by atoms with van der Waals surface area (Å²) in [5.41, 5.74) is 0. The van der Waals surface area contributed by atoms with Crippen molar-refractivity contribution in [3.8, 4) is 0 Å². The maximum Gasteiger partial charge on any atom is 0.0107 e. The van der Waals surface area contributed by atoms with Crippen LogP contribution in [-0.2, 0) is 0 Å². The number of nitrogens with one attached hydrogen (secondary N) is 1. The van der Waals surface area contributed by atoms with Crippen molar-refractivity contribution in [2.75, 3.05) is 46.3 Å². The summed E-state index contributed by atoms with van der Waals surface area (Å²) in [6, 6.07) is 0.762. The molecule has 2 aliphatic heterocycles. The van der Waals surface area contributed by atoms with Gasteiger partial charge in [-0.25, -0.2) is 0 Å². The summed E-state index contributed by atoms with van der Waals surface area (Å²) < 4.78 is 0. The first kappa shape index (κ1) is 13.3. The standard InChI is InChI=1S/C14H29N3/c1-3-14-6-10-17(11-7-15-14)12-13-4-8-16(2)9-5-13/h13-15H,3-12H2,1-2H3. The van der Waals surface area contributed by atoms with E-state index < -0.39 is 0 Å². The minimum Gasteiger partial charge on any atom is -0.313 e. The van der Waals surface area contributed by atoms with Gasteiger partial charge in [0.2, 0.25) is 0 Å². The third-order valence-electron chi connectivity index (χ3n) is 4.50. The van der Waals surface area contributed by atoms with Gasteiger partial charge in [0.25, 0.3) is 0 Å². The summed E-state index contributed by atoms with van der Waals surface area (Å²) in [5, 5.41) is 3.66. The van der Waals surface area contributed by atoms with E-state index in [-0.39, 0.29) is 0 Å². The van der Waals surface area contributed by atoms with Crippen LogP contribution in [0, 0.1) is 5.92 Å². The Morgan fingerprint density at radius 1 is 1.06 bits per heavy atom. The fourth-order valence-electron chi connectivity index (χ4n) is 3.12. The van der Waals surface area contributed by atoms with Gasteiger partial charge in [-0.2, -0.15) is 0 Å². The Labute approximate surface area is 107 Å². The largest absolute Gasteiger partial charge is 0.313 e. The van der Waals surface area contributed by atoms with Crippen LogP contribution in [0.4, 0.5) is 0 Å². The van der Waals surface area contributed by atoms with Gasteiger partial charge >= 0.3 is 0 Å². The summed E-state index contributed by atoms with van der Waals surface area (Å²) in [6.07, 6.45) is 5.42. The van der Waals surface area contributed by atoms with Crippen LogP contribution in [0.25, 0.3) is 0 Å². The van der Waals surface area contributed by atoms with E-state index in [1.165, 1.54) is 65.0 Å². The molecule has 17 heavy (non-hydrogen) atoms. The van der Waals surface area contributed by atoms with Crippen molar-refractivity contribution in [2.24, 2.45) is 5.92 Å². The zero-order chi connectivity index (χ0) is 12.1. The predicted octanol–water partition coefficient (Wildman–Crippen LogP) is 1.40. The molecule has 0 aromatic heterocycles. The molecule has 2 saturated heterocycles. The van der Waals surface area contributed by atoms with Crippen LogP contribution in [0.1, 0.15) is 32.6 Å². The number of nitrogens with zero attached hydrogens (tertiary/aromatic N) is 2. The Kier molecular flexibility index (Phi) is 5.26. The molecule has 0 radical (unpaired) electrons. The van der Waals surface area contributed by atoms with Crippen LogP contribution in [0.15, 0.2) is 0 Å². The van der Waals surface area contributed by atoms with Crippen molar-refractivity contribution >= 4 is 0 Å². The predicted molar refractivity (Wildman–Crippen MR) is 73.4 cm³/mol. The molecule has 0 aromatic carbocycles. The quantitative estimate of drug-likeness (QED) is 0.803. The Balaban J connectivity index is 1.71. The molecule has 1 atom stereocenters. The molecule has 0 bridgehead atoms. The molecular formula is C14H29N3. The van der Waals surface area contributed by atoms with Crippen LogP contribution < -0.4 is 5.32 Å². The van der Waals surface area contributed by atoms with Gasteiger partial charge in [0.05, 0.1) is 0 Å². The first-order valence-corrected chi connectivity index (χ1v) is 7.42. The highest BCUT2D eigenvalue weighted by atomic mass is 15.2. The van der Waals surface area contributed by atoms with Gasteiger partial charge in [0.1, 0.15) is 0 Å². The smallest absolute Gasteiger partial charge is 0.0107 e. The van der Waals surface area contributed by atoms with E-state index in [9.17, 15) is 0 Å². The molecule has 0 aromatic rings. The molecule has 2 heterocycles. The lowest BCUT2D eigenvalue weighted by Gasteiger charge is -2.32. The molecule has 100 valence electrons. The maximum absolute atomic E-state index is 3.66. The fourth-order valence-corrected chi connectivity index (χ4v) is 3.12. The lowest BCUT2D eigenvalue weighted by molar-refractivity contribution is 0.164. The Morgan fingerprint density at radius 2 is 1.82 bits per heavy atom. The van der Waals surface area contributed by atoms with Crippen molar-refractivity contribution in [1.29, 1.82) is 0 Å². The first-order chi connectivity index (χ1) is 8.28. The minimum atomic E-state index is 0.762. The topological polar surface area (TPSA) is 18.5 Å². The van der Waals surface area contributed by atoms with E-state index >= 15 is 0 Å². The fraction of sp³-hybridized carbons (Fsp3) is 1.00. The highest BCUT2D eigenvalue weighted by molar-refractivity contribution is 4.78. The van der Waals surface area contributed by atoms with Gasteiger partial charge in [0, 0.05) is 25.7 Å². The highest BCUT2D eigenvalue weighted by Gasteiger charge is 2.21. The van der Waals surface area contributed by atoms with Crippen LogP contribution in [0.2, 0.25) is 0 Å². The second-order valence-electron chi connectivity index (χ2n) is 5.90. The molecule has 3 heteroatoms. The molecule has 0 saturated carbocycles. The third kappa shape index (κ3) is 4.23. The SMILES string of the molecule is CCC1CCN(CC2CCN(C)CC2)CCN1. The van der Waals surface area contributed by atoms with Crippen molar-refractivity contribution < 1.29 is 0 Å². The summed E-state index contributed by atoms with van der Waals surface area (Å²) >= 11 is 0. The van der Waals surface area contributed by atoms with E-state index in [4.69, 9.17) is 0 Å². The Hall–Kier alpha value is -0.120. The molecule has 2 aliphatic rings. The monoisotopic (exact) mass is 239 g/mol. The van der Waals surface area contributed by atoms with Gasteiger partial charge in [0.15, 0.2) is 0 Å². The average molecular weight is 239 g/mol. The summed E-state index contributed by atoms with van der Waals surface area (Å²) in [5.74, 6) is 0.948. The zero-order valence-corrected chi connectivity index (χ0v) is 11.6. The lowest BCUT2D eigenvalue weighted by Crippen LogP contribution is -2.38. The average Bonchev–Trinajstić information content (AvgIpc) is 2.57. The van der Waals surface area contributed by atoms with E-state index in [2.05, 4.69) is 29.1 Å². The van der Waals surface area contributed by atoms with Gasteiger partial charge < -0.3 is 15.1 Å². The number of likely N-dealkylation sites (tertiary alicyclic amines) is 1. The van der Waals surface area contributed by atoms with Gasteiger partial charge in [-0.05, 0) is 58.3 Å². The second kappa shape index (κ2) is 6.72. The van der Waals surface area contributed by atoms with Crippen LogP contribution in [0.5, 0.6) is 0 Å². The minimum absolute atomic E-state index is 0.762. The van der Waals surface area contributed by atoms with Crippen molar-refractivity contribution in [1.82, 2.24) is 15.1 Å². The molecule has 2 rings (SSSR count). The van der Waals surface area contributed by atoms with Crippen LogP contribution in [-0.4, -0.2) is 62.2 Å². The summed E-state index contributed by atoms with van der Waals surface area (Å²) in [6.45, 7) is 9.98. The number of rotatable bonds is 3. The van der Waals surface area contributed by atoms with Gasteiger partial charge in [-0.3, -0.25) is 0 Å². The summed E-state index contributed by atoms with van der Waals surface area (Å²) in [4.78, 5) is 5.16. The van der Waals surface area contributed by atoms with E-state index in [0.717, 1.165) is 12.0 Å². The second-order valence-corrected chi connectivity index (χ2v) is 5.90. The number of hydrogen-bond donors (Lipinski definition) is 1. The van der Waals surface area contributed by atoms with Crippen molar-refractivity contribution in [3.63, 3.8) is 0 Å². The van der Waals surface area contributed by atoms with Gasteiger partial charge in [-0.1, -0.05) is 6.92 Å². The molecule has 0 spiro atoms. The maximum atomic E-state index is 3.66. The number of piperidine rings is 1. The molecule has 1 unspecified atom stereocenters. The van der Waals surface area contributed by atoms with E-state index in [1.54, 1.807) is 0 Å². The molecule has 2 fully saturated rings. The van der Waals surface area contributed by atoms with Crippen molar-refractivity contribution in [2.45, 2.75) is 38.6 Å². The molecule has 0 amide bonds. The van der Waals surface area contributed by atoms with Crippen LogP contribution in [0.3, 0.4) is 0 Å². The third-order valence-corrected chi connectivity index (χ3v) is 4.50. The lowest BCUT2D eigenvalue weighted by atomic mass is 9.96. The first-order valence-electron chi connectivity index (χ1n) is 7.42.